The van der Waals surface area contributed by atoms with Crippen molar-refractivity contribution in [2.24, 2.45) is 16.7 Å². The predicted octanol–water partition coefficient (Wildman–Crippen LogP) is 7.16. The van der Waals surface area contributed by atoms with Gasteiger partial charge in [-0.05, 0) is 85.3 Å². The molecule has 4 aliphatic carbocycles. The third-order valence-electron chi connectivity index (χ3n) is 9.91. The number of aryl methyl sites for hydroxylation is 1. The van der Waals surface area contributed by atoms with E-state index in [1.54, 1.807) is 18.2 Å². The third-order valence-corrected chi connectivity index (χ3v) is 9.91. The van der Waals surface area contributed by atoms with Gasteiger partial charge in [0.1, 0.15) is 23.5 Å². The summed E-state index contributed by atoms with van der Waals surface area (Å²) in [5.74, 6) is -2.61. The van der Waals surface area contributed by atoms with Crippen LogP contribution in [0.3, 0.4) is 0 Å². The highest BCUT2D eigenvalue weighted by molar-refractivity contribution is 5.89. The molecule has 3 saturated carbocycles. The Morgan fingerprint density at radius 1 is 0.923 bits per heavy atom. The fourth-order valence-electron chi connectivity index (χ4n) is 7.67. The van der Waals surface area contributed by atoms with Crippen LogP contribution in [0.2, 0.25) is 0 Å². The van der Waals surface area contributed by atoms with Crippen LogP contribution < -0.4 is 0 Å². The van der Waals surface area contributed by atoms with E-state index in [0.29, 0.717) is 17.4 Å². The smallest absolute Gasteiger partial charge is 0.319 e. The Kier molecular flexibility index (Phi) is 8.00. The number of allylic oxidation sites excluding steroid dienone is 3. The van der Waals surface area contributed by atoms with Crippen LogP contribution in [0.4, 0.5) is 0 Å². The molecule has 6 nitrogen and oxygen atoms in total. The minimum atomic E-state index is -1.94. The monoisotopic (exact) mass is 520 g/mol. The van der Waals surface area contributed by atoms with E-state index < -0.39 is 17.3 Å². The lowest BCUT2D eigenvalue weighted by molar-refractivity contribution is -0.142. The maximum Gasteiger partial charge on any atom is 0.319 e. The number of benzene rings is 1. The van der Waals surface area contributed by atoms with Gasteiger partial charge in [0.15, 0.2) is 0 Å². The van der Waals surface area contributed by atoms with Crippen molar-refractivity contribution >= 4 is 5.97 Å². The largest absolute Gasteiger partial charge is 0.480 e. The number of rotatable bonds is 9. The van der Waals surface area contributed by atoms with Crippen LogP contribution >= 0.6 is 0 Å². The molecule has 1 N–H and O–H groups in total. The number of nitrogens with zero attached hydrogens (tertiary/aromatic N) is 4. The summed E-state index contributed by atoms with van der Waals surface area (Å²) in [6.07, 6.45) is 15.2. The molecule has 2 unspecified atom stereocenters. The first-order valence-corrected chi connectivity index (χ1v) is 14.3. The number of unbranched alkanes of at least 4 members (excludes halogenated alkanes) is 2. The molecule has 4 aliphatic rings. The third kappa shape index (κ3) is 4.44. The number of nitriles is 4. The minimum absolute atomic E-state index is 0.0163. The lowest BCUT2D eigenvalue weighted by Crippen LogP contribution is -2.47. The molecule has 39 heavy (non-hydrogen) atoms. The fraction of sp³-hybridized carbons (Fsp3) is 0.545. The summed E-state index contributed by atoms with van der Waals surface area (Å²) in [7, 11) is 0. The highest BCUT2D eigenvalue weighted by Crippen LogP contribution is 2.63. The van der Waals surface area contributed by atoms with Gasteiger partial charge in [-0.25, -0.2) is 0 Å². The van der Waals surface area contributed by atoms with Gasteiger partial charge in [-0.15, -0.1) is 0 Å². The Bertz CT molecular complexity index is 1370. The lowest BCUT2D eigenvalue weighted by atomic mass is 9.49. The van der Waals surface area contributed by atoms with Gasteiger partial charge in [0.05, 0.1) is 28.8 Å². The fourth-order valence-corrected chi connectivity index (χ4v) is 7.67. The number of carbonyl (C=O) groups is 1. The van der Waals surface area contributed by atoms with E-state index >= 15 is 0 Å². The first-order chi connectivity index (χ1) is 18.8. The molecule has 0 radical (unpaired) electrons. The van der Waals surface area contributed by atoms with Gasteiger partial charge in [-0.2, -0.15) is 21.0 Å². The Balaban J connectivity index is 1.84. The molecule has 5 rings (SSSR count). The summed E-state index contributed by atoms with van der Waals surface area (Å²) in [4.78, 5) is 13.1. The van der Waals surface area contributed by atoms with E-state index in [4.69, 9.17) is 0 Å². The average Bonchev–Trinajstić information content (AvgIpc) is 2.96. The summed E-state index contributed by atoms with van der Waals surface area (Å²) in [5.41, 5.74) is 0.160. The van der Waals surface area contributed by atoms with Gasteiger partial charge in [-0.1, -0.05) is 57.4 Å². The van der Waals surface area contributed by atoms with Crippen molar-refractivity contribution in [3.05, 3.63) is 57.7 Å². The van der Waals surface area contributed by atoms with Crippen molar-refractivity contribution < 1.29 is 9.90 Å². The molecule has 2 atom stereocenters. The molecule has 0 amide bonds. The molecule has 3 fully saturated rings. The van der Waals surface area contributed by atoms with E-state index in [2.05, 4.69) is 38.1 Å². The molecule has 2 bridgehead atoms. The van der Waals surface area contributed by atoms with Gasteiger partial charge >= 0.3 is 5.97 Å². The molecular formula is C33H36N4O2. The molecule has 6 heteroatoms. The van der Waals surface area contributed by atoms with Crippen molar-refractivity contribution in [1.82, 2.24) is 0 Å². The van der Waals surface area contributed by atoms with Gasteiger partial charge in [0.2, 0.25) is 0 Å². The summed E-state index contributed by atoms with van der Waals surface area (Å²) < 4.78 is 0. The zero-order valence-electron chi connectivity index (χ0n) is 23.0. The normalized spacial score (nSPS) is 29.2. The SMILES string of the molecule is CCCCCc1ccc(C2(C(=O)O)C=CC(C34CCC(CCC)(CC3)CC4)=C(C#N)C2C#N)c(C#N)c1C#N. The highest BCUT2D eigenvalue weighted by atomic mass is 16.4. The molecular weight excluding hydrogens is 484 g/mol. The van der Waals surface area contributed by atoms with Crippen LogP contribution in [0.1, 0.15) is 107 Å². The van der Waals surface area contributed by atoms with Crippen molar-refractivity contribution in [2.45, 2.75) is 96.3 Å². The van der Waals surface area contributed by atoms with Crippen LogP contribution in [0.5, 0.6) is 0 Å². The number of carboxylic acid groups (broad SMARTS) is 1. The number of aliphatic carboxylic acids is 1. The van der Waals surface area contributed by atoms with Crippen molar-refractivity contribution in [2.75, 3.05) is 0 Å². The Morgan fingerprint density at radius 2 is 1.59 bits per heavy atom. The van der Waals surface area contributed by atoms with Gasteiger partial charge < -0.3 is 5.11 Å². The first kappa shape index (κ1) is 28.1. The Hall–Kier alpha value is -3.87. The van der Waals surface area contributed by atoms with Crippen LogP contribution in [0.15, 0.2) is 35.4 Å². The first-order valence-electron chi connectivity index (χ1n) is 14.3. The van der Waals surface area contributed by atoms with Crippen LogP contribution in [0, 0.1) is 62.1 Å². The van der Waals surface area contributed by atoms with Gasteiger partial charge in [0, 0.05) is 0 Å². The highest BCUT2D eigenvalue weighted by Gasteiger charge is 2.56. The molecule has 200 valence electrons. The molecule has 1 aromatic rings. The minimum Gasteiger partial charge on any atom is -0.480 e. The van der Waals surface area contributed by atoms with Crippen LogP contribution in [-0.2, 0) is 16.6 Å². The Labute approximate surface area is 231 Å². The predicted molar refractivity (Wildman–Crippen MR) is 147 cm³/mol. The molecule has 0 heterocycles. The average molecular weight is 521 g/mol. The number of hydrogen-bond acceptors (Lipinski definition) is 5. The standard InChI is InChI=1S/C33H36N4O2/c1-3-5-6-7-23-8-9-28(25(20-35)24(23)19-34)33(30(38)39)12-10-27(26(21-36)29(33)22-37)32-16-13-31(11-4-2,14-17-32)15-18-32/h8-10,12,29H,3-7,11,13-18H2,1-2H3,(H,38,39). The van der Waals surface area contributed by atoms with Gasteiger partial charge in [-0.3, -0.25) is 4.79 Å². The van der Waals surface area contributed by atoms with Crippen molar-refractivity contribution in [1.29, 1.82) is 21.0 Å². The summed E-state index contributed by atoms with van der Waals surface area (Å²) in [6.45, 7) is 4.30. The molecule has 0 aromatic heterocycles. The van der Waals surface area contributed by atoms with Crippen molar-refractivity contribution in [3.63, 3.8) is 0 Å². The van der Waals surface area contributed by atoms with E-state index in [0.717, 1.165) is 69.8 Å². The number of fused-ring (bicyclic) bond motifs is 3. The van der Waals surface area contributed by atoms with Gasteiger partial charge in [0.25, 0.3) is 0 Å². The quantitative estimate of drug-likeness (QED) is 0.344. The summed E-state index contributed by atoms with van der Waals surface area (Å²) in [5, 5.41) is 51.7. The van der Waals surface area contributed by atoms with Crippen molar-refractivity contribution in [3.8, 4) is 24.3 Å². The lowest BCUT2D eigenvalue weighted by Gasteiger charge is -2.55. The number of hydrogen-bond donors (Lipinski definition) is 1. The molecule has 0 aliphatic heterocycles. The summed E-state index contributed by atoms with van der Waals surface area (Å²) in [6, 6.07) is 11.9. The van der Waals surface area contributed by atoms with E-state index in [9.17, 15) is 30.9 Å². The van der Waals surface area contributed by atoms with Crippen LogP contribution in [0.25, 0.3) is 0 Å². The second-order valence-corrected chi connectivity index (χ2v) is 11.7. The second-order valence-electron chi connectivity index (χ2n) is 11.7. The topological polar surface area (TPSA) is 132 Å². The summed E-state index contributed by atoms with van der Waals surface area (Å²) >= 11 is 0. The zero-order chi connectivity index (χ0) is 28.3. The number of carboxylic acids is 1. The van der Waals surface area contributed by atoms with E-state index in [1.165, 1.54) is 12.5 Å². The maximum absolute atomic E-state index is 13.1. The van der Waals surface area contributed by atoms with E-state index in [1.807, 2.05) is 0 Å². The second kappa shape index (κ2) is 11.1. The zero-order valence-corrected chi connectivity index (χ0v) is 23.0. The molecule has 0 spiro atoms. The van der Waals surface area contributed by atoms with E-state index in [-0.39, 0.29) is 27.7 Å². The molecule has 0 saturated heterocycles. The maximum atomic E-state index is 13.1. The molecule has 1 aromatic carbocycles. The Morgan fingerprint density at radius 3 is 2.10 bits per heavy atom. The van der Waals surface area contributed by atoms with Crippen LogP contribution in [-0.4, -0.2) is 11.1 Å².